The van der Waals surface area contributed by atoms with Crippen LogP contribution in [0.1, 0.15) is 60.0 Å². The zero-order valence-corrected chi connectivity index (χ0v) is 16.1. The number of anilines is 1. The molecule has 7 nitrogen and oxygen atoms in total. The summed E-state index contributed by atoms with van der Waals surface area (Å²) in [5.41, 5.74) is 2.09. The largest absolute Gasteiger partial charge is 0.391 e. The lowest BCUT2D eigenvalue weighted by atomic mass is 10.1. The molecule has 0 bridgehead atoms. The molecule has 0 radical (unpaired) electrons. The van der Waals surface area contributed by atoms with E-state index in [0.29, 0.717) is 24.3 Å². The fourth-order valence-electron chi connectivity index (χ4n) is 3.26. The molecule has 0 unspecified atom stereocenters. The van der Waals surface area contributed by atoms with Gasteiger partial charge in [-0.15, -0.1) is 0 Å². The summed E-state index contributed by atoms with van der Waals surface area (Å²) in [4.78, 5) is 27.9. The van der Waals surface area contributed by atoms with Crippen LogP contribution in [0, 0.1) is 6.92 Å². The Morgan fingerprint density at radius 1 is 1.41 bits per heavy atom. The zero-order chi connectivity index (χ0) is 19.4. The standard InChI is InChI=1S/C20H27N5O2/c1-13(2)18-22-11-17(14(3)24-18)20(27)23-10-15-6-4-8-21-19(15)25-9-5-7-16(26)12-25/h4,6,8,11,13,16,26H,5,7,9-10,12H2,1-3H3,(H,23,27)/t16-/m0/s1. The van der Waals surface area contributed by atoms with Gasteiger partial charge >= 0.3 is 0 Å². The van der Waals surface area contributed by atoms with E-state index < -0.39 is 0 Å². The number of pyridine rings is 1. The molecular formula is C20H27N5O2. The maximum atomic E-state index is 12.6. The average molecular weight is 369 g/mol. The van der Waals surface area contributed by atoms with Crippen LogP contribution < -0.4 is 10.2 Å². The predicted molar refractivity (Wildman–Crippen MR) is 104 cm³/mol. The minimum Gasteiger partial charge on any atom is -0.391 e. The summed E-state index contributed by atoms with van der Waals surface area (Å²) in [7, 11) is 0. The van der Waals surface area contributed by atoms with E-state index in [2.05, 4.69) is 25.2 Å². The molecule has 27 heavy (non-hydrogen) atoms. The minimum absolute atomic E-state index is 0.198. The van der Waals surface area contributed by atoms with E-state index >= 15 is 0 Å². The molecule has 1 atom stereocenters. The van der Waals surface area contributed by atoms with E-state index in [0.717, 1.165) is 36.6 Å². The van der Waals surface area contributed by atoms with Crippen molar-refractivity contribution >= 4 is 11.7 Å². The molecule has 7 heteroatoms. The minimum atomic E-state index is -0.331. The summed E-state index contributed by atoms with van der Waals surface area (Å²) < 4.78 is 0. The normalized spacial score (nSPS) is 17.2. The second-order valence-electron chi connectivity index (χ2n) is 7.29. The lowest BCUT2D eigenvalue weighted by Crippen LogP contribution is -2.39. The van der Waals surface area contributed by atoms with Gasteiger partial charge in [-0.25, -0.2) is 15.0 Å². The fraction of sp³-hybridized carbons (Fsp3) is 0.500. The Morgan fingerprint density at radius 3 is 2.93 bits per heavy atom. The molecule has 1 aliphatic rings. The van der Waals surface area contributed by atoms with Gasteiger partial charge in [-0.2, -0.15) is 0 Å². The number of β-amino-alcohol motifs (C(OH)–C–C–N with tert-alkyl or cyclic N) is 1. The molecule has 0 aliphatic carbocycles. The van der Waals surface area contributed by atoms with Crippen LogP contribution in [-0.4, -0.2) is 45.2 Å². The maximum Gasteiger partial charge on any atom is 0.254 e. The Kier molecular flexibility index (Phi) is 6.01. The SMILES string of the molecule is Cc1nc(C(C)C)ncc1C(=O)NCc1cccnc1N1CCC[C@H](O)C1. The van der Waals surface area contributed by atoms with Crippen LogP contribution in [0.15, 0.2) is 24.5 Å². The molecule has 0 aromatic carbocycles. The summed E-state index contributed by atoms with van der Waals surface area (Å²) in [6.45, 7) is 7.67. The van der Waals surface area contributed by atoms with Gasteiger partial charge in [0.25, 0.3) is 5.91 Å². The lowest BCUT2D eigenvalue weighted by molar-refractivity contribution is 0.0949. The van der Waals surface area contributed by atoms with Gasteiger partial charge in [-0.05, 0) is 25.8 Å². The summed E-state index contributed by atoms with van der Waals surface area (Å²) >= 11 is 0. The van der Waals surface area contributed by atoms with Crippen LogP contribution >= 0.6 is 0 Å². The molecule has 3 rings (SSSR count). The van der Waals surface area contributed by atoms with Crippen molar-refractivity contribution in [2.75, 3.05) is 18.0 Å². The molecule has 0 saturated carbocycles. The first kappa shape index (κ1) is 19.2. The lowest BCUT2D eigenvalue weighted by Gasteiger charge is -2.32. The van der Waals surface area contributed by atoms with Crippen LogP contribution in [-0.2, 0) is 6.54 Å². The van der Waals surface area contributed by atoms with E-state index in [4.69, 9.17) is 0 Å². The van der Waals surface area contributed by atoms with Gasteiger partial charge < -0.3 is 15.3 Å². The number of piperidine rings is 1. The number of amides is 1. The number of hydrogen-bond acceptors (Lipinski definition) is 6. The maximum absolute atomic E-state index is 12.6. The molecular weight excluding hydrogens is 342 g/mol. The number of aromatic nitrogens is 3. The van der Waals surface area contributed by atoms with Crippen molar-refractivity contribution in [1.82, 2.24) is 20.3 Å². The van der Waals surface area contributed by atoms with Gasteiger partial charge in [0.05, 0.1) is 17.4 Å². The van der Waals surface area contributed by atoms with E-state index in [1.807, 2.05) is 32.9 Å². The highest BCUT2D eigenvalue weighted by Gasteiger charge is 2.21. The summed E-state index contributed by atoms with van der Waals surface area (Å²) in [6, 6.07) is 3.81. The van der Waals surface area contributed by atoms with Crippen molar-refractivity contribution in [1.29, 1.82) is 0 Å². The third kappa shape index (κ3) is 4.60. The zero-order valence-electron chi connectivity index (χ0n) is 16.1. The van der Waals surface area contributed by atoms with Crippen molar-refractivity contribution in [3.63, 3.8) is 0 Å². The number of hydrogen-bond donors (Lipinski definition) is 2. The van der Waals surface area contributed by atoms with E-state index in [9.17, 15) is 9.90 Å². The summed E-state index contributed by atoms with van der Waals surface area (Å²) in [6.07, 6.45) is 4.76. The van der Waals surface area contributed by atoms with E-state index in [1.165, 1.54) is 0 Å². The third-order valence-electron chi connectivity index (χ3n) is 4.76. The average Bonchev–Trinajstić information content (AvgIpc) is 2.66. The molecule has 0 spiro atoms. The Morgan fingerprint density at radius 2 is 2.22 bits per heavy atom. The van der Waals surface area contributed by atoms with Gasteiger partial charge in [0, 0.05) is 43.5 Å². The number of nitrogens with zero attached hydrogens (tertiary/aromatic N) is 4. The van der Waals surface area contributed by atoms with Crippen molar-refractivity contribution in [2.45, 2.75) is 52.2 Å². The van der Waals surface area contributed by atoms with Gasteiger partial charge in [-0.1, -0.05) is 19.9 Å². The van der Waals surface area contributed by atoms with Gasteiger partial charge in [0.15, 0.2) is 0 Å². The summed E-state index contributed by atoms with van der Waals surface area (Å²) in [5, 5.41) is 12.9. The van der Waals surface area contributed by atoms with E-state index in [1.54, 1.807) is 12.4 Å². The Bertz CT molecular complexity index is 809. The second-order valence-corrected chi connectivity index (χ2v) is 7.29. The van der Waals surface area contributed by atoms with Crippen LogP contribution in [0.3, 0.4) is 0 Å². The number of rotatable bonds is 5. The van der Waals surface area contributed by atoms with Crippen molar-refractivity contribution in [3.8, 4) is 0 Å². The van der Waals surface area contributed by atoms with Gasteiger partial charge in [0.2, 0.25) is 0 Å². The molecule has 1 aliphatic heterocycles. The van der Waals surface area contributed by atoms with Gasteiger partial charge in [0.1, 0.15) is 11.6 Å². The van der Waals surface area contributed by atoms with Gasteiger partial charge in [-0.3, -0.25) is 4.79 Å². The number of aryl methyl sites for hydroxylation is 1. The first-order chi connectivity index (χ1) is 13.0. The van der Waals surface area contributed by atoms with Crippen molar-refractivity contribution in [2.24, 2.45) is 0 Å². The smallest absolute Gasteiger partial charge is 0.254 e. The topological polar surface area (TPSA) is 91.2 Å². The molecule has 144 valence electrons. The molecule has 1 amide bonds. The first-order valence-electron chi connectivity index (χ1n) is 9.44. The Balaban J connectivity index is 1.71. The number of carbonyl (C=O) groups is 1. The molecule has 2 N–H and O–H groups in total. The summed E-state index contributed by atoms with van der Waals surface area (Å²) in [5.74, 6) is 1.58. The predicted octanol–water partition coefficient (Wildman–Crippen LogP) is 2.19. The third-order valence-corrected chi connectivity index (χ3v) is 4.76. The highest BCUT2D eigenvalue weighted by atomic mass is 16.3. The Hall–Kier alpha value is -2.54. The van der Waals surface area contributed by atoms with Crippen LogP contribution in [0.5, 0.6) is 0 Å². The fourth-order valence-corrected chi connectivity index (χ4v) is 3.26. The molecule has 3 heterocycles. The highest BCUT2D eigenvalue weighted by Crippen LogP contribution is 2.22. The van der Waals surface area contributed by atoms with Crippen LogP contribution in [0.4, 0.5) is 5.82 Å². The molecule has 2 aromatic heterocycles. The monoisotopic (exact) mass is 369 g/mol. The highest BCUT2D eigenvalue weighted by molar-refractivity contribution is 5.94. The first-order valence-corrected chi connectivity index (χ1v) is 9.44. The number of nitrogens with one attached hydrogen (secondary N) is 1. The van der Waals surface area contributed by atoms with Crippen molar-refractivity contribution in [3.05, 3.63) is 47.2 Å². The van der Waals surface area contributed by atoms with E-state index in [-0.39, 0.29) is 17.9 Å². The number of aliphatic hydroxyl groups excluding tert-OH is 1. The van der Waals surface area contributed by atoms with Crippen molar-refractivity contribution < 1.29 is 9.90 Å². The molecule has 2 aromatic rings. The Labute approximate surface area is 159 Å². The molecule has 1 fully saturated rings. The number of aliphatic hydroxyl groups is 1. The quantitative estimate of drug-likeness (QED) is 0.840. The molecule has 1 saturated heterocycles. The second kappa shape index (κ2) is 8.43. The van der Waals surface area contributed by atoms with Crippen LogP contribution in [0.25, 0.3) is 0 Å². The number of carbonyl (C=O) groups excluding carboxylic acids is 1. The van der Waals surface area contributed by atoms with Crippen LogP contribution in [0.2, 0.25) is 0 Å².